The molecule has 0 radical (unpaired) electrons. The van der Waals surface area contributed by atoms with Crippen LogP contribution in [0.2, 0.25) is 0 Å². The summed E-state index contributed by atoms with van der Waals surface area (Å²) in [7, 11) is -9.93. The molecule has 0 aromatic rings. The van der Waals surface area contributed by atoms with Gasteiger partial charge >= 0.3 is 39.5 Å². The maximum Gasteiger partial charge on any atom is 0.472 e. The van der Waals surface area contributed by atoms with Crippen molar-refractivity contribution in [1.82, 2.24) is 0 Å². The van der Waals surface area contributed by atoms with Crippen molar-refractivity contribution in [3.63, 3.8) is 0 Å². The lowest BCUT2D eigenvalue weighted by Crippen LogP contribution is -2.30. The van der Waals surface area contributed by atoms with E-state index >= 15 is 0 Å². The molecule has 0 heterocycles. The number of phosphoric ester groups is 2. The summed E-state index contributed by atoms with van der Waals surface area (Å²) < 4.78 is 68.7. The lowest BCUT2D eigenvalue weighted by molar-refractivity contribution is -0.161. The fraction of sp³-hybridized carbons (Fsp3) is 0.902. The Labute approximate surface area is 618 Å². The molecular weight excluding hydrogens is 1320 g/mol. The van der Waals surface area contributed by atoms with Crippen LogP contribution in [0.25, 0.3) is 0 Å². The van der Waals surface area contributed by atoms with Gasteiger partial charge in [0.2, 0.25) is 0 Å². The molecular formula is C82H156O17P2. The summed E-state index contributed by atoms with van der Waals surface area (Å²) in [5, 5.41) is 10.6. The van der Waals surface area contributed by atoms with Gasteiger partial charge in [-0.25, -0.2) is 9.13 Å². The molecule has 0 amide bonds. The van der Waals surface area contributed by atoms with Crippen LogP contribution in [-0.4, -0.2) is 96.7 Å². The Hall–Kier alpha value is -2.46. The van der Waals surface area contributed by atoms with Gasteiger partial charge in [-0.05, 0) is 63.2 Å². The molecule has 17 nitrogen and oxygen atoms in total. The van der Waals surface area contributed by atoms with Crippen molar-refractivity contribution >= 4 is 39.5 Å². The molecule has 2 unspecified atom stereocenters. The topological polar surface area (TPSA) is 237 Å². The summed E-state index contributed by atoms with van der Waals surface area (Å²) in [6.45, 7) is 9.55. The molecule has 19 heteroatoms. The maximum absolute atomic E-state index is 13.1. The number of aliphatic hydroxyl groups excluding tert-OH is 1. The third kappa shape index (κ3) is 75.6. The largest absolute Gasteiger partial charge is 0.472 e. The van der Waals surface area contributed by atoms with Crippen molar-refractivity contribution in [1.29, 1.82) is 0 Å². The number of hydrogen-bond acceptors (Lipinski definition) is 15. The van der Waals surface area contributed by atoms with Gasteiger partial charge < -0.3 is 33.8 Å². The zero-order chi connectivity index (χ0) is 74.2. The Bertz CT molecular complexity index is 2040. The van der Waals surface area contributed by atoms with E-state index in [9.17, 15) is 43.2 Å². The smallest absolute Gasteiger partial charge is 0.462 e. The van der Waals surface area contributed by atoms with Gasteiger partial charge in [0, 0.05) is 25.7 Å². The van der Waals surface area contributed by atoms with E-state index in [4.69, 9.17) is 37.0 Å². The van der Waals surface area contributed by atoms with E-state index in [0.29, 0.717) is 25.7 Å². The van der Waals surface area contributed by atoms with Crippen molar-refractivity contribution in [3.05, 3.63) is 24.3 Å². The fourth-order valence-corrected chi connectivity index (χ4v) is 13.8. The molecule has 0 aliphatic rings. The Kier molecular flexibility index (Phi) is 71.3. The number of hydrogen-bond donors (Lipinski definition) is 3. The van der Waals surface area contributed by atoms with Gasteiger partial charge in [-0.15, -0.1) is 0 Å². The second-order valence-electron chi connectivity index (χ2n) is 29.8. The van der Waals surface area contributed by atoms with Crippen molar-refractivity contribution in [2.24, 2.45) is 11.8 Å². The van der Waals surface area contributed by atoms with Crippen LogP contribution in [0, 0.1) is 11.8 Å². The molecule has 0 saturated carbocycles. The van der Waals surface area contributed by atoms with E-state index in [0.717, 1.165) is 121 Å². The highest BCUT2D eigenvalue weighted by molar-refractivity contribution is 7.47. The molecule has 3 N–H and O–H groups in total. The molecule has 0 bridgehead atoms. The van der Waals surface area contributed by atoms with Crippen LogP contribution in [0.15, 0.2) is 24.3 Å². The Morgan fingerprint density at radius 3 is 0.812 bits per heavy atom. The Morgan fingerprint density at radius 1 is 0.307 bits per heavy atom. The van der Waals surface area contributed by atoms with Crippen molar-refractivity contribution in [2.75, 3.05) is 39.6 Å². The van der Waals surface area contributed by atoms with Crippen LogP contribution in [0.3, 0.4) is 0 Å². The van der Waals surface area contributed by atoms with E-state index in [1.54, 1.807) is 0 Å². The second-order valence-corrected chi connectivity index (χ2v) is 32.7. The van der Waals surface area contributed by atoms with Gasteiger partial charge in [0.25, 0.3) is 0 Å². The first kappa shape index (κ1) is 98.5. The zero-order valence-corrected chi connectivity index (χ0v) is 67.5. The van der Waals surface area contributed by atoms with Crippen molar-refractivity contribution in [3.8, 4) is 0 Å². The Balaban J connectivity index is 5.28. The average Bonchev–Trinajstić information content (AvgIpc) is 1.01. The second kappa shape index (κ2) is 73.1. The maximum atomic E-state index is 13.1. The van der Waals surface area contributed by atoms with E-state index < -0.39 is 97.5 Å². The van der Waals surface area contributed by atoms with Crippen molar-refractivity contribution in [2.45, 2.75) is 426 Å². The standard InChI is InChI=1S/C82H156O17P2/c1-7-9-11-13-15-17-19-21-23-24-25-26-27-29-31-33-42-48-54-60-66-81(86)98-77(70-92-79(84)64-58-52-46-40-32-30-28-22-20-18-16-14-12-10-8-2)72-96-100(88,89)94-68-76(83)69-95-101(90,91)97-73-78(99-82(87)67-61-55-49-43-37-35-39-45-51-57-63-75(5)6)71-93-80(85)65-59-53-47-41-36-34-38-44-50-56-62-74(3)4/h18,20,22,28,74-78,83H,7-17,19,21,23-27,29-73H2,1-6H3,(H,88,89)(H,90,91)/b20-18-,28-22-/t76-,77-,78-/m1/s1. The minimum atomic E-state index is -4.97. The minimum absolute atomic E-state index is 0.102. The summed E-state index contributed by atoms with van der Waals surface area (Å²) in [6, 6.07) is 0. The molecule has 0 fully saturated rings. The molecule has 0 aliphatic carbocycles. The third-order valence-electron chi connectivity index (χ3n) is 18.6. The quantitative estimate of drug-likeness (QED) is 0.0169. The normalized spacial score (nSPS) is 14.0. The summed E-state index contributed by atoms with van der Waals surface area (Å²) >= 11 is 0. The fourth-order valence-electron chi connectivity index (χ4n) is 12.2. The first-order chi connectivity index (χ1) is 48.9. The lowest BCUT2D eigenvalue weighted by Gasteiger charge is -2.21. The van der Waals surface area contributed by atoms with Gasteiger partial charge in [-0.2, -0.15) is 0 Å². The molecule has 0 rings (SSSR count). The molecule has 0 saturated heterocycles. The van der Waals surface area contributed by atoms with Crippen LogP contribution in [0.4, 0.5) is 0 Å². The number of rotatable bonds is 79. The molecule has 0 aromatic carbocycles. The summed E-state index contributed by atoms with van der Waals surface area (Å²) in [5.41, 5.74) is 0. The highest BCUT2D eigenvalue weighted by Gasteiger charge is 2.30. The molecule has 0 aliphatic heterocycles. The van der Waals surface area contributed by atoms with Gasteiger partial charge in [0.05, 0.1) is 26.4 Å². The molecule has 596 valence electrons. The predicted molar refractivity (Wildman–Crippen MR) is 414 cm³/mol. The monoisotopic (exact) mass is 1480 g/mol. The third-order valence-corrected chi connectivity index (χ3v) is 20.5. The number of unbranched alkanes of at least 4 members (excludes halogenated alkanes) is 46. The molecule has 5 atom stereocenters. The van der Waals surface area contributed by atoms with Crippen LogP contribution in [0.5, 0.6) is 0 Å². The molecule has 0 spiro atoms. The SMILES string of the molecule is CCCCCC/C=C\C=C/CCCCCCCC(=O)OC[C@H](COP(=O)(O)OC[C@@H](O)COP(=O)(O)OC[C@@H](COC(=O)CCCCCCCCCCCCC(C)C)OC(=O)CCCCCCCCCCCCC(C)C)OC(=O)CCCCCCCCCCCCCCCCCCCCCC. The number of carbonyl (C=O) groups is 4. The number of aliphatic hydroxyl groups is 1. The first-order valence-corrected chi connectivity index (χ1v) is 44.8. The van der Waals surface area contributed by atoms with Gasteiger partial charge in [0.15, 0.2) is 12.2 Å². The van der Waals surface area contributed by atoms with Crippen LogP contribution in [0.1, 0.15) is 408 Å². The van der Waals surface area contributed by atoms with E-state index in [-0.39, 0.29) is 25.7 Å². The van der Waals surface area contributed by atoms with Crippen LogP contribution >= 0.6 is 15.6 Å². The average molecular weight is 1480 g/mol. The minimum Gasteiger partial charge on any atom is -0.462 e. The lowest BCUT2D eigenvalue weighted by atomic mass is 10.0. The summed E-state index contributed by atoms with van der Waals surface area (Å²) in [6.07, 6.45) is 66.0. The number of allylic oxidation sites excluding steroid dienone is 4. The highest BCUT2D eigenvalue weighted by atomic mass is 31.2. The van der Waals surface area contributed by atoms with Gasteiger partial charge in [0.1, 0.15) is 19.3 Å². The number of carbonyl (C=O) groups excluding carboxylic acids is 4. The van der Waals surface area contributed by atoms with Crippen LogP contribution < -0.4 is 0 Å². The van der Waals surface area contributed by atoms with E-state index in [1.165, 1.54) is 205 Å². The number of esters is 4. The summed E-state index contributed by atoms with van der Waals surface area (Å²) in [5.74, 6) is -0.631. The highest BCUT2D eigenvalue weighted by Crippen LogP contribution is 2.45. The summed E-state index contributed by atoms with van der Waals surface area (Å²) in [4.78, 5) is 73.1. The predicted octanol–water partition coefficient (Wildman–Crippen LogP) is 24.2. The molecule has 0 aromatic heterocycles. The van der Waals surface area contributed by atoms with Crippen molar-refractivity contribution < 1.29 is 80.2 Å². The van der Waals surface area contributed by atoms with E-state index in [2.05, 4.69) is 65.8 Å². The number of phosphoric acid groups is 2. The van der Waals surface area contributed by atoms with Gasteiger partial charge in [-0.1, -0.05) is 355 Å². The Morgan fingerprint density at radius 2 is 0.535 bits per heavy atom. The van der Waals surface area contributed by atoms with E-state index in [1.807, 2.05) is 0 Å². The van der Waals surface area contributed by atoms with Gasteiger partial charge in [-0.3, -0.25) is 37.3 Å². The molecule has 101 heavy (non-hydrogen) atoms. The first-order valence-electron chi connectivity index (χ1n) is 41.8. The zero-order valence-electron chi connectivity index (χ0n) is 65.7. The van der Waals surface area contributed by atoms with Crippen LogP contribution in [-0.2, 0) is 65.4 Å². The number of ether oxygens (including phenoxy) is 4.